The second kappa shape index (κ2) is 12.6. The van der Waals surface area contributed by atoms with Crippen LogP contribution >= 0.6 is 0 Å². The average molecular weight is 484 g/mol. The topological polar surface area (TPSA) is 95.5 Å². The molecular weight excluding hydrogens is 451 g/mol. The molecule has 0 spiro atoms. The third kappa shape index (κ3) is 6.95. The number of carbonyl (C=O) groups excluding carboxylic acids is 2. The van der Waals surface area contributed by atoms with Gasteiger partial charge in [0, 0.05) is 28.7 Å². The van der Waals surface area contributed by atoms with Crippen LogP contribution in [0, 0.1) is 5.82 Å². The number of amides is 1. The van der Waals surface area contributed by atoms with Crippen molar-refractivity contribution in [2.24, 2.45) is 0 Å². The summed E-state index contributed by atoms with van der Waals surface area (Å²) in [5.41, 5.74) is 4.07. The van der Waals surface area contributed by atoms with Crippen LogP contribution in [0.25, 0.3) is 0 Å². The first kappa shape index (κ1) is 26.7. The predicted octanol–water partition coefficient (Wildman–Crippen LogP) is 3.64. The molecule has 1 aromatic heterocycles. The van der Waals surface area contributed by atoms with Crippen LogP contribution < -0.4 is 21.8 Å². The standard InChI is InChI=1S/C21H22F3N5O3.C2H6.2H2/c1-13(30)17-12-29(27-26-17)11-15(22)7-9-28-10-8-16(19(24)21(28)32)25-20(31)18(23)14-5-3-2-4-6-14;1-2;;/h2-6,8,10,12,15,18,26-27H,7,9,11H2,1H3,(H,25,31);1-2H3;2*1H. The molecule has 0 saturated heterocycles. The number of pyridine rings is 1. The highest BCUT2D eigenvalue weighted by Crippen LogP contribution is 2.20. The number of hydrazine groups is 2. The summed E-state index contributed by atoms with van der Waals surface area (Å²) >= 11 is 0. The van der Waals surface area contributed by atoms with Crippen LogP contribution in [0.3, 0.4) is 0 Å². The quantitative estimate of drug-likeness (QED) is 0.504. The molecule has 0 bridgehead atoms. The van der Waals surface area contributed by atoms with Crippen molar-refractivity contribution in [2.45, 2.75) is 46.1 Å². The van der Waals surface area contributed by atoms with Gasteiger partial charge >= 0.3 is 0 Å². The molecule has 1 aliphatic rings. The lowest BCUT2D eigenvalue weighted by molar-refractivity contribution is -0.121. The van der Waals surface area contributed by atoms with E-state index in [-0.39, 0.29) is 39.4 Å². The Labute approximate surface area is 198 Å². The number of benzene rings is 1. The summed E-state index contributed by atoms with van der Waals surface area (Å²) < 4.78 is 43.9. The molecule has 188 valence electrons. The van der Waals surface area contributed by atoms with Gasteiger partial charge < -0.3 is 9.88 Å². The monoisotopic (exact) mass is 483 g/mol. The fourth-order valence-corrected chi connectivity index (χ4v) is 3.00. The summed E-state index contributed by atoms with van der Waals surface area (Å²) in [5, 5.41) is 3.42. The highest BCUT2D eigenvalue weighted by atomic mass is 19.1. The maximum absolute atomic E-state index is 14.4. The van der Waals surface area contributed by atoms with E-state index in [9.17, 15) is 27.6 Å². The number of hydrogen-bond donors (Lipinski definition) is 3. The summed E-state index contributed by atoms with van der Waals surface area (Å²) in [4.78, 5) is 35.5. The van der Waals surface area contributed by atoms with Crippen LogP contribution in [0.2, 0.25) is 0 Å². The van der Waals surface area contributed by atoms with E-state index in [1.54, 1.807) is 18.2 Å². The zero-order chi connectivity index (χ0) is 25.3. The van der Waals surface area contributed by atoms with E-state index >= 15 is 0 Å². The van der Waals surface area contributed by atoms with Crippen molar-refractivity contribution in [2.75, 3.05) is 11.9 Å². The molecule has 1 aromatic carbocycles. The Morgan fingerprint density at radius 1 is 1.15 bits per heavy atom. The molecule has 0 aliphatic carbocycles. The molecule has 2 atom stereocenters. The van der Waals surface area contributed by atoms with E-state index in [4.69, 9.17) is 0 Å². The SMILES string of the molecule is CC.CC(=O)C1=CN(CC(F)CCn2ccc(NC(=O)C(F)c3ccccc3)c(F)c2=O)NN1.[HH].[HH]. The summed E-state index contributed by atoms with van der Waals surface area (Å²) in [6, 6.07) is 8.72. The van der Waals surface area contributed by atoms with Gasteiger partial charge in [-0.1, -0.05) is 44.2 Å². The molecule has 2 unspecified atom stereocenters. The van der Waals surface area contributed by atoms with Crippen molar-refractivity contribution >= 4 is 17.4 Å². The number of Topliss-reactive ketones (excluding diaryl/α,β-unsaturated/α-hetero) is 1. The number of allylic oxidation sites excluding steroid dienone is 1. The van der Waals surface area contributed by atoms with Crippen LogP contribution in [0.1, 0.15) is 41.8 Å². The highest BCUT2D eigenvalue weighted by molar-refractivity contribution is 5.94. The van der Waals surface area contributed by atoms with Gasteiger partial charge in [0.2, 0.25) is 12.0 Å². The number of aryl methyl sites for hydroxylation is 1. The van der Waals surface area contributed by atoms with Crippen LogP contribution in [0.15, 0.2) is 59.3 Å². The summed E-state index contributed by atoms with van der Waals surface area (Å²) in [6.45, 7) is 5.14. The van der Waals surface area contributed by atoms with Crippen molar-refractivity contribution in [3.63, 3.8) is 0 Å². The molecule has 34 heavy (non-hydrogen) atoms. The lowest BCUT2D eigenvalue weighted by Crippen LogP contribution is -2.40. The molecule has 2 heterocycles. The minimum Gasteiger partial charge on any atom is -0.321 e. The Bertz CT molecular complexity index is 1090. The lowest BCUT2D eigenvalue weighted by Gasteiger charge is -2.18. The number of alkyl halides is 2. The van der Waals surface area contributed by atoms with Gasteiger partial charge in [-0.25, -0.2) is 8.78 Å². The van der Waals surface area contributed by atoms with Gasteiger partial charge in [0.15, 0.2) is 5.78 Å². The van der Waals surface area contributed by atoms with E-state index in [1.165, 1.54) is 36.5 Å². The molecule has 0 saturated carbocycles. The number of hydrogen-bond acceptors (Lipinski definition) is 6. The summed E-state index contributed by atoms with van der Waals surface area (Å²) in [5.74, 6) is -2.59. The first-order valence-corrected chi connectivity index (χ1v) is 10.8. The van der Waals surface area contributed by atoms with Gasteiger partial charge in [0.25, 0.3) is 11.5 Å². The predicted molar refractivity (Wildman–Crippen MR) is 126 cm³/mol. The Morgan fingerprint density at radius 2 is 1.82 bits per heavy atom. The van der Waals surface area contributed by atoms with Crippen molar-refractivity contribution in [3.05, 3.63) is 76.2 Å². The van der Waals surface area contributed by atoms with E-state index in [0.717, 1.165) is 10.6 Å². The number of carbonyl (C=O) groups is 2. The minimum atomic E-state index is -2.03. The maximum atomic E-state index is 14.4. The number of aromatic nitrogens is 1. The third-order valence-corrected chi connectivity index (χ3v) is 4.76. The molecule has 11 heteroatoms. The van der Waals surface area contributed by atoms with Gasteiger partial charge in [0.05, 0.1) is 12.2 Å². The van der Waals surface area contributed by atoms with Gasteiger partial charge in [-0.2, -0.15) is 4.39 Å². The number of nitrogens with one attached hydrogen (secondary N) is 3. The Balaban J connectivity index is 0.00000299. The number of rotatable bonds is 9. The summed E-state index contributed by atoms with van der Waals surface area (Å²) in [6.07, 6.45) is -0.901. The fraction of sp³-hybridized carbons (Fsp3) is 0.348. The second-order valence-electron chi connectivity index (χ2n) is 7.18. The number of anilines is 1. The van der Waals surface area contributed by atoms with E-state index in [1.807, 2.05) is 13.8 Å². The normalized spacial score (nSPS) is 14.3. The molecule has 8 nitrogen and oxygen atoms in total. The van der Waals surface area contributed by atoms with Crippen molar-refractivity contribution < 1.29 is 25.6 Å². The van der Waals surface area contributed by atoms with Gasteiger partial charge in [0.1, 0.15) is 11.9 Å². The average Bonchev–Trinajstić information content (AvgIpc) is 3.31. The molecule has 0 radical (unpaired) electrons. The highest BCUT2D eigenvalue weighted by Gasteiger charge is 2.22. The van der Waals surface area contributed by atoms with Crippen molar-refractivity contribution in [3.8, 4) is 0 Å². The van der Waals surface area contributed by atoms with Gasteiger partial charge in [-0.3, -0.25) is 24.8 Å². The van der Waals surface area contributed by atoms with Gasteiger partial charge in [-0.05, 0) is 18.1 Å². The zero-order valence-corrected chi connectivity index (χ0v) is 19.1. The molecule has 3 N–H and O–H groups in total. The Hall–Kier alpha value is -3.60. The molecule has 2 aromatic rings. The van der Waals surface area contributed by atoms with E-state index < -0.39 is 35.3 Å². The van der Waals surface area contributed by atoms with Gasteiger partial charge in [-0.15, -0.1) is 5.53 Å². The smallest absolute Gasteiger partial charge is 0.288 e. The van der Waals surface area contributed by atoms with E-state index in [0.29, 0.717) is 0 Å². The Kier molecular flexibility index (Phi) is 9.87. The third-order valence-electron chi connectivity index (χ3n) is 4.76. The first-order chi connectivity index (χ1) is 16.3. The zero-order valence-electron chi connectivity index (χ0n) is 19.1. The van der Waals surface area contributed by atoms with Crippen molar-refractivity contribution in [1.29, 1.82) is 0 Å². The molecule has 1 aliphatic heterocycles. The van der Waals surface area contributed by atoms with Crippen molar-refractivity contribution in [1.82, 2.24) is 20.5 Å². The first-order valence-electron chi connectivity index (χ1n) is 10.8. The van der Waals surface area contributed by atoms with E-state index in [2.05, 4.69) is 16.3 Å². The number of halogens is 3. The molecule has 1 amide bonds. The van der Waals surface area contributed by atoms with Crippen LogP contribution in [-0.4, -0.2) is 34.0 Å². The van der Waals surface area contributed by atoms with Crippen LogP contribution in [0.5, 0.6) is 0 Å². The number of ketones is 1. The minimum absolute atomic E-state index is 0. The maximum Gasteiger partial charge on any atom is 0.288 e. The number of nitrogens with zero attached hydrogens (tertiary/aromatic N) is 2. The largest absolute Gasteiger partial charge is 0.321 e. The van der Waals surface area contributed by atoms with Crippen LogP contribution in [0.4, 0.5) is 18.9 Å². The Morgan fingerprint density at radius 3 is 2.44 bits per heavy atom. The molecular formula is C23H32F3N5O3. The molecule has 0 fully saturated rings. The van der Waals surface area contributed by atoms with Crippen LogP contribution in [-0.2, 0) is 16.1 Å². The lowest BCUT2D eigenvalue weighted by atomic mass is 10.1. The second-order valence-corrected chi connectivity index (χ2v) is 7.18. The summed E-state index contributed by atoms with van der Waals surface area (Å²) in [7, 11) is 0. The molecule has 3 rings (SSSR count). The fourth-order valence-electron chi connectivity index (χ4n) is 3.00.